The Hall–Kier alpha value is -2.98. The van der Waals surface area contributed by atoms with E-state index < -0.39 is 4.65 Å². The Morgan fingerprint density at radius 2 is 2.07 bits per heavy atom. The van der Waals surface area contributed by atoms with Gasteiger partial charge in [-0.05, 0) is 40.8 Å². The molecular weight excluding hydrogens is 417 g/mol. The molecule has 1 aliphatic rings. The van der Waals surface area contributed by atoms with Crippen molar-refractivity contribution in [2.75, 3.05) is 11.9 Å². The number of nitrogens with one attached hydrogen (secondary N) is 1. The van der Waals surface area contributed by atoms with Gasteiger partial charge in [-0.15, -0.1) is 4.73 Å². The third kappa shape index (κ3) is 3.68. The van der Waals surface area contributed by atoms with Gasteiger partial charge in [-0.3, -0.25) is 0 Å². The fourth-order valence-electron chi connectivity index (χ4n) is 3.06. The fourth-order valence-corrected chi connectivity index (χ4v) is 3.44. The Labute approximate surface area is 175 Å². The lowest BCUT2D eigenvalue weighted by atomic mass is 10.2. The Kier molecular flexibility index (Phi) is 5.20. The van der Waals surface area contributed by atoms with Crippen molar-refractivity contribution >= 4 is 35.0 Å². The minimum Gasteiger partial charge on any atom is -0.618 e. The zero-order valence-electron chi connectivity index (χ0n) is 14.9. The molecule has 148 valence electrons. The van der Waals surface area contributed by atoms with Crippen molar-refractivity contribution in [3.05, 3.63) is 87.0 Å². The molecule has 3 aromatic rings. The maximum absolute atomic E-state index is 13.2. The number of tetrazole rings is 1. The van der Waals surface area contributed by atoms with Crippen molar-refractivity contribution < 1.29 is 4.73 Å². The first-order valence-corrected chi connectivity index (χ1v) is 9.36. The SMILES string of the molecule is [O-][n+]1cccc(CNc2nnnn2-c2cccc(Cl)c2Cl)c1[N+]1([O-])C=CC=CC1. The fraction of sp³-hybridized carbons (Fsp3) is 0.111. The van der Waals surface area contributed by atoms with Crippen LogP contribution in [0, 0.1) is 10.4 Å². The molecule has 1 aliphatic heterocycles. The van der Waals surface area contributed by atoms with Crippen LogP contribution < -0.4 is 14.7 Å². The van der Waals surface area contributed by atoms with Crippen LogP contribution in [0.15, 0.2) is 61.0 Å². The molecule has 4 rings (SSSR count). The average molecular weight is 432 g/mol. The van der Waals surface area contributed by atoms with E-state index in [1.54, 1.807) is 48.6 Å². The highest BCUT2D eigenvalue weighted by atomic mass is 35.5. The molecule has 0 spiro atoms. The van der Waals surface area contributed by atoms with Crippen LogP contribution in [-0.4, -0.2) is 26.8 Å². The number of hydroxylamine groups is 2. The van der Waals surface area contributed by atoms with Crippen molar-refractivity contribution in [1.82, 2.24) is 24.9 Å². The Bertz CT molecular complexity index is 1120. The number of hydrogen-bond donors (Lipinski definition) is 1. The summed E-state index contributed by atoms with van der Waals surface area (Å²) in [5.41, 5.74) is 1.01. The third-order valence-electron chi connectivity index (χ3n) is 4.39. The number of aromatic nitrogens is 5. The molecule has 3 heterocycles. The normalized spacial score (nSPS) is 18.2. The number of allylic oxidation sites excluding steroid dienone is 2. The quantitative estimate of drug-likeness (QED) is 0.377. The summed E-state index contributed by atoms with van der Waals surface area (Å²) < 4.78 is 1.10. The van der Waals surface area contributed by atoms with Crippen molar-refractivity contribution in [2.24, 2.45) is 0 Å². The van der Waals surface area contributed by atoms with Gasteiger partial charge < -0.3 is 15.7 Å². The number of pyridine rings is 1. The predicted octanol–water partition coefficient (Wildman–Crippen LogP) is 3.10. The van der Waals surface area contributed by atoms with Gasteiger partial charge in [-0.2, -0.15) is 4.68 Å². The lowest BCUT2D eigenvalue weighted by molar-refractivity contribution is -0.598. The summed E-state index contributed by atoms with van der Waals surface area (Å²) >= 11 is 12.3. The molecule has 11 heteroatoms. The van der Waals surface area contributed by atoms with E-state index in [0.29, 0.717) is 26.0 Å². The lowest BCUT2D eigenvalue weighted by Crippen LogP contribution is -2.48. The van der Waals surface area contributed by atoms with Crippen LogP contribution in [0.2, 0.25) is 10.0 Å². The maximum Gasteiger partial charge on any atom is 0.390 e. The largest absolute Gasteiger partial charge is 0.618 e. The second-order valence-electron chi connectivity index (χ2n) is 6.27. The number of anilines is 1. The summed E-state index contributed by atoms with van der Waals surface area (Å²) in [6, 6.07) is 8.40. The van der Waals surface area contributed by atoms with Gasteiger partial charge >= 0.3 is 5.82 Å². The van der Waals surface area contributed by atoms with Crippen LogP contribution in [0.1, 0.15) is 5.56 Å². The summed E-state index contributed by atoms with van der Waals surface area (Å²) in [7, 11) is 0. The number of quaternary nitrogens is 1. The average Bonchev–Trinajstić information content (AvgIpc) is 3.17. The smallest absolute Gasteiger partial charge is 0.390 e. The summed E-state index contributed by atoms with van der Waals surface area (Å²) in [4.78, 5) is 0. The standard InChI is InChI=1S/C18H15Cl2N7O2/c19-14-7-4-8-15(16(14)20)26-18(22-23-24-26)21-12-13-6-5-9-25(28)17(13)27(29)10-2-1-3-11-27/h1-10H,11-12H2,(H,21,22,24). The van der Waals surface area contributed by atoms with Crippen LogP contribution in [0.5, 0.6) is 0 Å². The van der Waals surface area contributed by atoms with E-state index >= 15 is 0 Å². The van der Waals surface area contributed by atoms with E-state index in [9.17, 15) is 10.4 Å². The topological polar surface area (TPSA) is 106 Å². The molecule has 0 amide bonds. The summed E-state index contributed by atoms with van der Waals surface area (Å²) in [5.74, 6) is 0.355. The first kappa shape index (κ1) is 19.3. The first-order chi connectivity index (χ1) is 14.0. The van der Waals surface area contributed by atoms with Crippen LogP contribution >= 0.6 is 23.2 Å². The summed E-state index contributed by atoms with van der Waals surface area (Å²) in [6.07, 6.45) is 7.86. The Balaban J connectivity index is 1.65. The highest BCUT2D eigenvalue weighted by Crippen LogP contribution is 2.30. The minimum atomic E-state index is -0.886. The number of nitrogens with zero attached hydrogens (tertiary/aromatic N) is 6. The van der Waals surface area contributed by atoms with E-state index in [-0.39, 0.29) is 24.9 Å². The van der Waals surface area contributed by atoms with E-state index in [1.165, 1.54) is 17.1 Å². The van der Waals surface area contributed by atoms with E-state index in [0.717, 1.165) is 0 Å². The van der Waals surface area contributed by atoms with E-state index in [4.69, 9.17) is 23.2 Å². The summed E-state index contributed by atoms with van der Waals surface area (Å²) in [6.45, 7) is 0.280. The van der Waals surface area contributed by atoms with Gasteiger partial charge in [-0.1, -0.05) is 40.4 Å². The second-order valence-corrected chi connectivity index (χ2v) is 7.06. The molecule has 1 N–H and O–H groups in total. The Morgan fingerprint density at radius 3 is 2.86 bits per heavy atom. The molecule has 0 fully saturated rings. The van der Waals surface area contributed by atoms with Crippen LogP contribution in [0.3, 0.4) is 0 Å². The monoisotopic (exact) mass is 431 g/mol. The van der Waals surface area contributed by atoms with Crippen LogP contribution in [0.25, 0.3) is 5.69 Å². The van der Waals surface area contributed by atoms with Crippen molar-refractivity contribution in [1.29, 1.82) is 0 Å². The van der Waals surface area contributed by atoms with Crippen molar-refractivity contribution in [3.8, 4) is 5.69 Å². The lowest BCUT2D eigenvalue weighted by Gasteiger charge is -2.36. The molecular formula is C18H15Cl2N7O2. The molecule has 0 bridgehead atoms. The van der Waals surface area contributed by atoms with Crippen LogP contribution in [-0.2, 0) is 6.54 Å². The number of hydrogen-bond acceptors (Lipinski definition) is 6. The maximum atomic E-state index is 13.2. The van der Waals surface area contributed by atoms with Gasteiger partial charge in [0.05, 0.1) is 22.3 Å². The molecule has 0 aliphatic carbocycles. The van der Waals surface area contributed by atoms with Gasteiger partial charge in [0.2, 0.25) is 5.95 Å². The van der Waals surface area contributed by atoms with Gasteiger partial charge in [-0.25, -0.2) is 4.65 Å². The molecule has 1 aromatic carbocycles. The zero-order valence-corrected chi connectivity index (χ0v) is 16.5. The van der Waals surface area contributed by atoms with Gasteiger partial charge in [0.15, 0.2) is 6.20 Å². The number of benzene rings is 1. The van der Waals surface area contributed by atoms with E-state index in [2.05, 4.69) is 20.8 Å². The highest BCUT2D eigenvalue weighted by Gasteiger charge is 2.31. The molecule has 0 saturated carbocycles. The molecule has 0 saturated heterocycles. The van der Waals surface area contributed by atoms with Gasteiger partial charge in [0, 0.05) is 6.07 Å². The van der Waals surface area contributed by atoms with Gasteiger partial charge in [0.25, 0.3) is 0 Å². The zero-order chi connectivity index (χ0) is 20.4. The molecule has 9 nitrogen and oxygen atoms in total. The highest BCUT2D eigenvalue weighted by molar-refractivity contribution is 6.43. The van der Waals surface area contributed by atoms with Gasteiger partial charge in [0.1, 0.15) is 18.3 Å². The predicted molar refractivity (Wildman–Crippen MR) is 110 cm³/mol. The third-order valence-corrected chi connectivity index (χ3v) is 5.20. The molecule has 0 radical (unpaired) electrons. The molecule has 2 aromatic heterocycles. The first-order valence-electron chi connectivity index (χ1n) is 8.61. The number of rotatable bonds is 5. The molecule has 1 atom stereocenters. The molecule has 29 heavy (non-hydrogen) atoms. The van der Waals surface area contributed by atoms with Crippen molar-refractivity contribution in [3.63, 3.8) is 0 Å². The second kappa shape index (κ2) is 7.80. The minimum absolute atomic E-state index is 0.0698. The van der Waals surface area contributed by atoms with Crippen LogP contribution in [0.4, 0.5) is 11.8 Å². The molecule has 1 unspecified atom stereocenters. The number of halogens is 2. The Morgan fingerprint density at radius 1 is 1.21 bits per heavy atom. The van der Waals surface area contributed by atoms with E-state index in [1.807, 2.05) is 0 Å². The summed E-state index contributed by atoms with van der Waals surface area (Å²) in [5, 5.41) is 40.9. The van der Waals surface area contributed by atoms with Crippen molar-refractivity contribution in [2.45, 2.75) is 6.54 Å².